The molecule has 3 nitrogen and oxygen atoms in total. The van der Waals surface area contributed by atoms with Gasteiger partial charge in [0.15, 0.2) is 0 Å². The number of nitrogens with zero attached hydrogens (tertiary/aromatic N) is 1. The third kappa shape index (κ3) is 4.86. The van der Waals surface area contributed by atoms with Crippen molar-refractivity contribution in [2.24, 2.45) is 0 Å². The number of benzene rings is 1. The van der Waals surface area contributed by atoms with Crippen LogP contribution in [0.4, 0.5) is 0 Å². The molecule has 1 aliphatic heterocycles. The maximum absolute atomic E-state index is 6.15. The topological polar surface area (TPSA) is 21.7 Å². The summed E-state index contributed by atoms with van der Waals surface area (Å²) in [6, 6.07) is 3.81. The minimum absolute atomic E-state index is 0.545. The van der Waals surface area contributed by atoms with Crippen molar-refractivity contribution in [1.29, 1.82) is 0 Å². The Hall–Kier alpha value is 0.244. The predicted octanol–water partition coefficient (Wildman–Crippen LogP) is 3.48. The molecular weight excluding hydrogens is 365 g/mol. The van der Waals surface area contributed by atoms with Crippen LogP contribution < -0.4 is 9.61 Å². The second kappa shape index (κ2) is 6.78. The Labute approximate surface area is 142 Å². The third-order valence-corrected chi connectivity index (χ3v) is 9.08. The highest BCUT2D eigenvalue weighted by molar-refractivity contribution is 7.69. The summed E-state index contributed by atoms with van der Waals surface area (Å²) in [7, 11) is 2.01. The van der Waals surface area contributed by atoms with Crippen LogP contribution in [0.25, 0.3) is 0 Å². The fourth-order valence-corrected chi connectivity index (χ4v) is 6.20. The summed E-state index contributed by atoms with van der Waals surface area (Å²) in [6.45, 7) is 3.70. The Morgan fingerprint density at radius 3 is 2.62 bits per heavy atom. The molecule has 118 valence electrons. The van der Waals surface area contributed by atoms with Gasteiger partial charge in [-0.05, 0) is 44.9 Å². The molecule has 0 aromatic heterocycles. The summed E-state index contributed by atoms with van der Waals surface area (Å²) in [6.07, 6.45) is 1.07. The van der Waals surface area contributed by atoms with Gasteiger partial charge >= 0.3 is 14.6 Å². The highest BCUT2D eigenvalue weighted by atomic mass is 35.8. The number of halogens is 3. The molecule has 0 fully saturated rings. The van der Waals surface area contributed by atoms with Crippen molar-refractivity contribution in [2.45, 2.75) is 25.6 Å². The first-order chi connectivity index (χ1) is 9.70. The summed E-state index contributed by atoms with van der Waals surface area (Å²) < 4.78 is 12.2. The van der Waals surface area contributed by atoms with Crippen LogP contribution in [0, 0.1) is 0 Å². The van der Waals surface area contributed by atoms with E-state index in [2.05, 4.69) is 25.5 Å². The van der Waals surface area contributed by atoms with Gasteiger partial charge in [0, 0.05) is 11.6 Å². The van der Waals surface area contributed by atoms with Crippen LogP contribution in [0.2, 0.25) is 12.6 Å². The monoisotopic (exact) mass is 383 g/mol. The van der Waals surface area contributed by atoms with Crippen LogP contribution >= 0.6 is 33.2 Å². The van der Waals surface area contributed by atoms with Crippen LogP contribution in [0.15, 0.2) is 18.2 Å². The molecule has 0 saturated carbocycles. The average Bonchev–Trinajstić information content (AvgIpc) is 2.36. The van der Waals surface area contributed by atoms with Gasteiger partial charge in [-0.2, -0.15) is 0 Å². The highest BCUT2D eigenvalue weighted by Crippen LogP contribution is 2.32. The minimum atomic E-state index is -2.85. The van der Waals surface area contributed by atoms with E-state index in [-0.39, 0.29) is 0 Å². The molecule has 0 bridgehead atoms. The standard InChI is InChI=1S/C13H20Cl3NO2Si2/c1-17(2)7-4-8-20(3)18-10-11-9-12(21(14,15)16)5-6-13(11)19-20/h5-6,9H,4,7-8,10H2,1-3H3. The molecule has 0 saturated heterocycles. The molecule has 0 amide bonds. The van der Waals surface area contributed by atoms with E-state index < -0.39 is 14.6 Å². The molecule has 21 heavy (non-hydrogen) atoms. The normalized spacial score (nSPS) is 22.0. The van der Waals surface area contributed by atoms with Gasteiger partial charge in [-0.25, -0.2) is 0 Å². The molecule has 0 radical (unpaired) electrons. The lowest BCUT2D eigenvalue weighted by molar-refractivity contribution is 0.203. The molecule has 0 N–H and O–H groups in total. The minimum Gasteiger partial charge on any atom is -0.520 e. The SMILES string of the molecule is CN(C)CCC[Si]1(C)OCc2cc([Si](Cl)(Cl)Cl)ccc2O1. The lowest BCUT2D eigenvalue weighted by atomic mass is 10.2. The van der Waals surface area contributed by atoms with E-state index in [1.54, 1.807) is 0 Å². The Morgan fingerprint density at radius 2 is 2.00 bits per heavy atom. The van der Waals surface area contributed by atoms with Crippen molar-refractivity contribution in [1.82, 2.24) is 4.90 Å². The largest absolute Gasteiger partial charge is 0.520 e. The van der Waals surface area contributed by atoms with Crippen LogP contribution in [0.3, 0.4) is 0 Å². The van der Waals surface area contributed by atoms with Gasteiger partial charge in [0.25, 0.3) is 0 Å². The zero-order valence-corrected chi connectivity index (χ0v) is 16.7. The highest BCUT2D eigenvalue weighted by Gasteiger charge is 2.38. The van der Waals surface area contributed by atoms with Gasteiger partial charge in [0.05, 0.1) is 6.61 Å². The first-order valence-corrected chi connectivity index (χ1v) is 14.4. The Morgan fingerprint density at radius 1 is 1.29 bits per heavy atom. The van der Waals surface area contributed by atoms with Crippen LogP contribution in [0.5, 0.6) is 5.75 Å². The van der Waals surface area contributed by atoms with Gasteiger partial charge in [-0.15, -0.1) is 33.2 Å². The van der Waals surface area contributed by atoms with E-state index in [1.807, 2.05) is 18.2 Å². The average molecular weight is 385 g/mol. The van der Waals surface area contributed by atoms with Gasteiger partial charge < -0.3 is 13.8 Å². The first kappa shape index (κ1) is 17.6. The molecule has 0 aliphatic carbocycles. The van der Waals surface area contributed by atoms with E-state index in [0.717, 1.165) is 35.5 Å². The Bertz CT molecular complexity index is 511. The van der Waals surface area contributed by atoms with Crippen molar-refractivity contribution in [3.8, 4) is 5.75 Å². The van der Waals surface area contributed by atoms with Crippen LogP contribution in [-0.2, 0) is 11.0 Å². The second-order valence-electron chi connectivity index (χ2n) is 5.75. The molecule has 8 heteroatoms. The molecular formula is C13H20Cl3NO2Si2. The molecule has 1 atom stereocenters. The number of fused-ring (bicyclic) bond motifs is 1. The Kier molecular flexibility index (Phi) is 5.68. The third-order valence-electron chi connectivity index (χ3n) is 3.48. The van der Waals surface area contributed by atoms with E-state index in [9.17, 15) is 0 Å². The quantitative estimate of drug-likeness (QED) is 0.573. The van der Waals surface area contributed by atoms with Crippen molar-refractivity contribution >= 4 is 53.0 Å². The predicted molar refractivity (Wildman–Crippen MR) is 94.4 cm³/mol. The van der Waals surface area contributed by atoms with Crippen molar-refractivity contribution in [3.63, 3.8) is 0 Å². The number of hydrogen-bond acceptors (Lipinski definition) is 3. The van der Waals surface area contributed by atoms with Crippen molar-refractivity contribution in [2.75, 3.05) is 20.6 Å². The smallest absolute Gasteiger partial charge is 0.395 e. The van der Waals surface area contributed by atoms with E-state index >= 15 is 0 Å². The molecule has 1 aromatic carbocycles. The van der Waals surface area contributed by atoms with E-state index in [1.165, 1.54) is 0 Å². The van der Waals surface area contributed by atoms with Crippen LogP contribution in [-0.4, -0.2) is 40.1 Å². The molecule has 1 heterocycles. The number of hydrogen-bond donors (Lipinski definition) is 0. The fraction of sp³-hybridized carbons (Fsp3) is 0.538. The van der Waals surface area contributed by atoms with Gasteiger partial charge in [-0.1, -0.05) is 12.1 Å². The lowest BCUT2D eigenvalue weighted by Gasteiger charge is -2.34. The molecule has 0 spiro atoms. The Balaban J connectivity index is 2.07. The van der Waals surface area contributed by atoms with Crippen molar-refractivity contribution < 1.29 is 8.85 Å². The fourth-order valence-electron chi connectivity index (χ4n) is 2.30. The molecule has 1 aliphatic rings. The van der Waals surface area contributed by atoms with E-state index in [0.29, 0.717) is 6.61 Å². The first-order valence-electron chi connectivity index (χ1n) is 6.87. The van der Waals surface area contributed by atoms with Gasteiger partial charge in [-0.3, -0.25) is 0 Å². The molecule has 1 aromatic rings. The van der Waals surface area contributed by atoms with Crippen LogP contribution in [0.1, 0.15) is 12.0 Å². The maximum Gasteiger partial charge on any atom is 0.395 e. The van der Waals surface area contributed by atoms with Gasteiger partial charge in [0.1, 0.15) is 5.75 Å². The summed E-state index contributed by atoms with van der Waals surface area (Å²) in [5.41, 5.74) is 0.976. The van der Waals surface area contributed by atoms with E-state index in [4.69, 9.17) is 42.1 Å². The molecule has 2 rings (SSSR count). The summed E-state index contributed by atoms with van der Waals surface area (Å²) in [5.74, 6) is 0.882. The zero-order valence-electron chi connectivity index (χ0n) is 12.5. The lowest BCUT2D eigenvalue weighted by Crippen LogP contribution is -2.45. The summed E-state index contributed by atoms with van der Waals surface area (Å²) in [5, 5.41) is 0.774. The van der Waals surface area contributed by atoms with Gasteiger partial charge in [0.2, 0.25) is 0 Å². The molecule has 1 unspecified atom stereocenters. The van der Waals surface area contributed by atoms with Crippen molar-refractivity contribution in [3.05, 3.63) is 23.8 Å². The second-order valence-corrected chi connectivity index (χ2v) is 17.4. The maximum atomic E-state index is 6.15. The summed E-state index contributed by atoms with van der Waals surface area (Å²) >= 11 is 18.1. The number of rotatable bonds is 5. The zero-order chi connectivity index (χ0) is 15.7. The summed E-state index contributed by atoms with van der Waals surface area (Å²) in [4.78, 5) is 2.17.